The van der Waals surface area contributed by atoms with Crippen molar-refractivity contribution in [1.82, 2.24) is 5.43 Å². The van der Waals surface area contributed by atoms with Crippen molar-refractivity contribution in [3.8, 4) is 0 Å². The Bertz CT molecular complexity index is 273. The van der Waals surface area contributed by atoms with E-state index in [1.54, 1.807) is 0 Å². The van der Waals surface area contributed by atoms with Crippen molar-refractivity contribution in [2.24, 2.45) is 11.8 Å². The normalized spacial score (nSPS) is 13.3. The molecule has 0 aliphatic rings. The van der Waals surface area contributed by atoms with Crippen molar-refractivity contribution in [1.29, 1.82) is 0 Å². The molecule has 2 nitrogen and oxygen atoms in total. The van der Waals surface area contributed by atoms with Crippen molar-refractivity contribution >= 4 is 22.6 Å². The summed E-state index contributed by atoms with van der Waals surface area (Å²) in [6.07, 6.45) is 0. The molecule has 1 rings (SSSR count). The number of nitrogens with one attached hydrogen (secondary N) is 1. The molecule has 0 aromatic heterocycles. The molecule has 0 saturated carbocycles. The minimum Gasteiger partial charge on any atom is -0.271 e. The highest BCUT2D eigenvalue weighted by molar-refractivity contribution is 14.1. The van der Waals surface area contributed by atoms with E-state index in [2.05, 4.69) is 54.0 Å². The number of nitrogens with two attached hydrogens (primary N) is 1. The number of halogens is 1. The summed E-state index contributed by atoms with van der Waals surface area (Å²) in [4.78, 5) is 0. The first-order valence-corrected chi connectivity index (χ1v) is 5.45. The highest BCUT2D eigenvalue weighted by atomic mass is 127. The van der Waals surface area contributed by atoms with Crippen LogP contribution in [0.2, 0.25) is 0 Å². The van der Waals surface area contributed by atoms with E-state index in [1.807, 2.05) is 12.1 Å². The Morgan fingerprint density at radius 3 is 2.38 bits per heavy atom. The molecule has 0 fully saturated rings. The van der Waals surface area contributed by atoms with Crippen LogP contribution in [-0.2, 0) is 0 Å². The molecule has 1 unspecified atom stereocenters. The van der Waals surface area contributed by atoms with E-state index < -0.39 is 0 Å². The van der Waals surface area contributed by atoms with Crippen LogP contribution in [0, 0.1) is 9.49 Å². The van der Waals surface area contributed by atoms with Crippen LogP contribution in [0.3, 0.4) is 0 Å². The summed E-state index contributed by atoms with van der Waals surface area (Å²) in [5.41, 5.74) is 4.13. The zero-order valence-electron chi connectivity index (χ0n) is 7.92. The zero-order valence-corrected chi connectivity index (χ0v) is 10.1. The predicted octanol–water partition coefficient (Wildman–Crippen LogP) is 2.45. The van der Waals surface area contributed by atoms with Crippen LogP contribution in [0.25, 0.3) is 0 Å². The summed E-state index contributed by atoms with van der Waals surface area (Å²) in [5.74, 6) is 6.02. The van der Waals surface area contributed by atoms with Gasteiger partial charge in [0.05, 0.1) is 0 Å². The van der Waals surface area contributed by atoms with E-state index in [0.717, 1.165) is 0 Å². The fourth-order valence-corrected chi connectivity index (χ4v) is 2.09. The van der Waals surface area contributed by atoms with Gasteiger partial charge in [-0.1, -0.05) is 32.0 Å². The summed E-state index contributed by atoms with van der Waals surface area (Å²) >= 11 is 2.34. The van der Waals surface area contributed by atoms with E-state index in [9.17, 15) is 0 Å². The Hall–Kier alpha value is -0.130. The summed E-state index contributed by atoms with van der Waals surface area (Å²) in [7, 11) is 0. The molecule has 1 aromatic rings. The maximum atomic E-state index is 5.52. The van der Waals surface area contributed by atoms with Crippen molar-refractivity contribution < 1.29 is 0 Å². The Labute approximate surface area is 93.0 Å². The molecule has 0 aliphatic carbocycles. The second-order valence-electron chi connectivity index (χ2n) is 3.41. The van der Waals surface area contributed by atoms with Gasteiger partial charge in [0, 0.05) is 9.61 Å². The van der Waals surface area contributed by atoms with Crippen molar-refractivity contribution in [3.05, 3.63) is 33.4 Å². The summed E-state index contributed by atoms with van der Waals surface area (Å²) < 4.78 is 1.26. The largest absolute Gasteiger partial charge is 0.271 e. The van der Waals surface area contributed by atoms with Crippen molar-refractivity contribution in [2.45, 2.75) is 19.9 Å². The van der Waals surface area contributed by atoms with Crippen molar-refractivity contribution in [3.63, 3.8) is 0 Å². The summed E-state index contributed by atoms with van der Waals surface area (Å²) in [6.45, 7) is 4.32. The first-order chi connectivity index (χ1) is 6.16. The SMILES string of the molecule is CC(C)C(NN)c1ccccc1I. The molecule has 13 heavy (non-hydrogen) atoms. The second kappa shape index (κ2) is 4.93. The molecular weight excluding hydrogens is 275 g/mol. The molecule has 0 aliphatic heterocycles. The summed E-state index contributed by atoms with van der Waals surface area (Å²) in [5, 5.41) is 0. The average molecular weight is 290 g/mol. The molecule has 0 heterocycles. The van der Waals surface area contributed by atoms with Crippen LogP contribution < -0.4 is 11.3 Å². The number of hydrazine groups is 1. The van der Waals surface area contributed by atoms with Crippen LogP contribution in [0.1, 0.15) is 25.5 Å². The van der Waals surface area contributed by atoms with Crippen LogP contribution in [0.4, 0.5) is 0 Å². The quantitative estimate of drug-likeness (QED) is 0.510. The third kappa shape index (κ3) is 2.65. The third-order valence-corrected chi connectivity index (χ3v) is 3.07. The molecule has 3 N–H and O–H groups in total. The van der Waals surface area contributed by atoms with Gasteiger partial charge in [0.25, 0.3) is 0 Å². The Morgan fingerprint density at radius 2 is 1.92 bits per heavy atom. The molecule has 72 valence electrons. The fraction of sp³-hybridized carbons (Fsp3) is 0.400. The number of hydrogen-bond donors (Lipinski definition) is 2. The van der Waals surface area contributed by atoms with E-state index >= 15 is 0 Å². The van der Waals surface area contributed by atoms with Crippen LogP contribution in [0.5, 0.6) is 0 Å². The van der Waals surface area contributed by atoms with Gasteiger partial charge in [-0.3, -0.25) is 11.3 Å². The van der Waals surface area contributed by atoms with E-state index in [1.165, 1.54) is 9.13 Å². The highest BCUT2D eigenvalue weighted by Gasteiger charge is 2.15. The Balaban J connectivity index is 2.97. The van der Waals surface area contributed by atoms with Gasteiger partial charge in [-0.2, -0.15) is 0 Å². The highest BCUT2D eigenvalue weighted by Crippen LogP contribution is 2.24. The molecular formula is C10H15IN2. The summed E-state index contributed by atoms with van der Waals surface area (Å²) in [6, 6.07) is 8.55. The van der Waals surface area contributed by atoms with Gasteiger partial charge >= 0.3 is 0 Å². The molecule has 3 heteroatoms. The molecule has 1 atom stereocenters. The molecule has 0 radical (unpaired) electrons. The van der Waals surface area contributed by atoms with E-state index in [0.29, 0.717) is 5.92 Å². The Morgan fingerprint density at radius 1 is 1.31 bits per heavy atom. The Kier molecular flexibility index (Phi) is 4.15. The number of benzene rings is 1. The van der Waals surface area contributed by atoms with Gasteiger partial charge in [0.2, 0.25) is 0 Å². The monoisotopic (exact) mass is 290 g/mol. The maximum Gasteiger partial charge on any atom is 0.0493 e. The van der Waals surface area contributed by atoms with Crippen molar-refractivity contribution in [2.75, 3.05) is 0 Å². The van der Waals surface area contributed by atoms with Crippen LogP contribution >= 0.6 is 22.6 Å². The lowest BCUT2D eigenvalue weighted by atomic mass is 9.97. The molecule has 0 saturated heterocycles. The minimum absolute atomic E-state index is 0.244. The molecule has 1 aromatic carbocycles. The predicted molar refractivity (Wildman–Crippen MR) is 64.1 cm³/mol. The number of rotatable bonds is 3. The topological polar surface area (TPSA) is 38.0 Å². The van der Waals surface area contributed by atoms with Gasteiger partial charge in [-0.25, -0.2) is 0 Å². The van der Waals surface area contributed by atoms with Gasteiger partial charge < -0.3 is 0 Å². The lowest BCUT2D eigenvalue weighted by molar-refractivity contribution is 0.419. The lowest BCUT2D eigenvalue weighted by Crippen LogP contribution is -2.32. The van der Waals surface area contributed by atoms with Gasteiger partial charge in [0.1, 0.15) is 0 Å². The number of hydrogen-bond acceptors (Lipinski definition) is 2. The molecule has 0 bridgehead atoms. The third-order valence-electron chi connectivity index (χ3n) is 2.09. The zero-order chi connectivity index (χ0) is 9.84. The van der Waals surface area contributed by atoms with E-state index in [-0.39, 0.29) is 6.04 Å². The second-order valence-corrected chi connectivity index (χ2v) is 4.57. The minimum atomic E-state index is 0.244. The van der Waals surface area contributed by atoms with Gasteiger partial charge in [0.15, 0.2) is 0 Å². The average Bonchev–Trinajstić information content (AvgIpc) is 2.09. The van der Waals surface area contributed by atoms with Gasteiger partial charge in [-0.15, -0.1) is 0 Å². The molecule has 0 amide bonds. The van der Waals surface area contributed by atoms with Crippen LogP contribution in [0.15, 0.2) is 24.3 Å². The lowest BCUT2D eigenvalue weighted by Gasteiger charge is -2.21. The molecule has 0 spiro atoms. The maximum absolute atomic E-state index is 5.52. The standard InChI is InChI=1S/C10H15IN2/c1-7(2)10(13-12)8-5-3-4-6-9(8)11/h3-7,10,13H,12H2,1-2H3. The first-order valence-electron chi connectivity index (χ1n) is 4.37. The van der Waals surface area contributed by atoms with Crippen LogP contribution in [-0.4, -0.2) is 0 Å². The van der Waals surface area contributed by atoms with E-state index in [4.69, 9.17) is 5.84 Å². The smallest absolute Gasteiger partial charge is 0.0493 e. The fourth-order valence-electron chi connectivity index (χ4n) is 1.37. The van der Waals surface area contributed by atoms with Gasteiger partial charge in [-0.05, 0) is 40.1 Å². The first kappa shape index (κ1) is 10.9.